The molecule has 0 amide bonds. The second-order valence-corrected chi connectivity index (χ2v) is 4.10. The summed E-state index contributed by atoms with van der Waals surface area (Å²) in [5.41, 5.74) is 0.765. The molecule has 3 nitrogen and oxygen atoms in total. The molecule has 0 unspecified atom stereocenters. The van der Waals surface area contributed by atoms with E-state index in [9.17, 15) is 13.2 Å². The first-order valence-corrected chi connectivity index (χ1v) is 5.89. The van der Waals surface area contributed by atoms with Crippen LogP contribution in [0, 0.1) is 0 Å². The van der Waals surface area contributed by atoms with Gasteiger partial charge in [0, 0.05) is 24.0 Å². The largest absolute Gasteiger partial charge is 0.481 e. The molecule has 0 saturated heterocycles. The molecule has 0 fully saturated rings. The predicted octanol–water partition coefficient (Wildman–Crippen LogP) is 3.72. The van der Waals surface area contributed by atoms with Crippen LogP contribution in [-0.2, 0) is 12.7 Å². The van der Waals surface area contributed by atoms with E-state index in [0.717, 1.165) is 17.7 Å². The maximum atomic E-state index is 12.4. The molecule has 106 valence electrons. The lowest BCUT2D eigenvalue weighted by Gasteiger charge is -2.11. The van der Waals surface area contributed by atoms with Gasteiger partial charge in [-0.2, -0.15) is 13.2 Å². The third-order valence-electron chi connectivity index (χ3n) is 2.74. The number of nitrogens with zero attached hydrogens (tertiary/aromatic N) is 1. The van der Waals surface area contributed by atoms with Crippen molar-refractivity contribution in [1.29, 1.82) is 0 Å². The number of anilines is 1. The molecule has 0 aliphatic heterocycles. The molecule has 0 aliphatic rings. The van der Waals surface area contributed by atoms with E-state index >= 15 is 0 Å². The van der Waals surface area contributed by atoms with Gasteiger partial charge in [0.2, 0.25) is 5.88 Å². The Balaban J connectivity index is 2.04. The lowest BCUT2D eigenvalue weighted by atomic mass is 10.2. The van der Waals surface area contributed by atoms with Gasteiger partial charge >= 0.3 is 6.18 Å². The minimum Gasteiger partial charge on any atom is -0.481 e. The van der Waals surface area contributed by atoms with Crippen LogP contribution in [0.1, 0.15) is 11.1 Å². The van der Waals surface area contributed by atoms with Gasteiger partial charge in [-0.15, -0.1) is 0 Å². The Morgan fingerprint density at radius 2 is 1.85 bits per heavy atom. The molecule has 0 saturated carbocycles. The first-order chi connectivity index (χ1) is 9.50. The van der Waals surface area contributed by atoms with E-state index in [-0.39, 0.29) is 0 Å². The molecule has 0 aliphatic carbocycles. The molecular weight excluding hydrogens is 269 g/mol. The quantitative estimate of drug-likeness (QED) is 0.928. The van der Waals surface area contributed by atoms with Gasteiger partial charge in [0.15, 0.2) is 0 Å². The number of halogens is 3. The van der Waals surface area contributed by atoms with Gasteiger partial charge in [0.1, 0.15) is 0 Å². The predicted molar refractivity (Wildman–Crippen MR) is 69.6 cm³/mol. The lowest BCUT2D eigenvalue weighted by molar-refractivity contribution is -0.137. The Morgan fingerprint density at radius 1 is 1.15 bits per heavy atom. The van der Waals surface area contributed by atoms with E-state index in [4.69, 9.17) is 4.74 Å². The smallest absolute Gasteiger partial charge is 0.416 e. The molecule has 0 spiro atoms. The molecule has 0 radical (unpaired) electrons. The molecule has 2 rings (SSSR count). The van der Waals surface area contributed by atoms with Crippen molar-refractivity contribution in [3.8, 4) is 5.88 Å². The standard InChI is InChI=1S/C14H13F3N2O/c1-20-13-10(3-2-8-18-13)9-19-12-6-4-11(5-7-12)14(15,16)17/h2-8,19H,9H2,1H3. The molecule has 1 aromatic carbocycles. The van der Waals surface area contributed by atoms with Crippen LogP contribution in [-0.4, -0.2) is 12.1 Å². The monoisotopic (exact) mass is 282 g/mol. The molecule has 2 aromatic rings. The molecule has 0 atom stereocenters. The molecular formula is C14H13F3N2O. The lowest BCUT2D eigenvalue weighted by Crippen LogP contribution is -2.06. The van der Waals surface area contributed by atoms with E-state index < -0.39 is 11.7 Å². The van der Waals surface area contributed by atoms with Crippen molar-refractivity contribution in [2.75, 3.05) is 12.4 Å². The summed E-state index contributed by atoms with van der Waals surface area (Å²) in [5.74, 6) is 0.493. The Morgan fingerprint density at radius 3 is 2.45 bits per heavy atom. The SMILES string of the molecule is COc1ncccc1CNc1ccc(C(F)(F)F)cc1. The van der Waals surface area contributed by atoms with Crippen LogP contribution in [0.15, 0.2) is 42.6 Å². The van der Waals surface area contributed by atoms with Crippen molar-refractivity contribution < 1.29 is 17.9 Å². The van der Waals surface area contributed by atoms with Gasteiger partial charge in [0.25, 0.3) is 0 Å². The number of nitrogens with one attached hydrogen (secondary N) is 1. The summed E-state index contributed by atoms with van der Waals surface area (Å²) in [5, 5.41) is 3.03. The van der Waals surface area contributed by atoms with Crippen molar-refractivity contribution >= 4 is 5.69 Å². The van der Waals surface area contributed by atoms with Crippen molar-refractivity contribution in [1.82, 2.24) is 4.98 Å². The fourth-order valence-electron chi connectivity index (χ4n) is 1.72. The van der Waals surface area contributed by atoms with Gasteiger partial charge in [-0.3, -0.25) is 0 Å². The van der Waals surface area contributed by atoms with Crippen LogP contribution >= 0.6 is 0 Å². The number of ether oxygens (including phenoxy) is 1. The summed E-state index contributed by atoms with van der Waals surface area (Å²) in [4.78, 5) is 4.04. The zero-order chi connectivity index (χ0) is 14.6. The number of benzene rings is 1. The normalized spacial score (nSPS) is 11.2. The van der Waals surface area contributed by atoms with E-state index in [1.54, 1.807) is 12.3 Å². The van der Waals surface area contributed by atoms with Crippen LogP contribution in [0.3, 0.4) is 0 Å². The van der Waals surface area contributed by atoms with Crippen LogP contribution in [0.5, 0.6) is 5.88 Å². The van der Waals surface area contributed by atoms with E-state index in [0.29, 0.717) is 18.1 Å². The zero-order valence-electron chi connectivity index (χ0n) is 10.7. The average molecular weight is 282 g/mol. The van der Waals surface area contributed by atoms with Gasteiger partial charge in [-0.25, -0.2) is 4.98 Å². The Bertz CT molecular complexity index is 567. The number of hydrogen-bond acceptors (Lipinski definition) is 3. The summed E-state index contributed by atoms with van der Waals surface area (Å²) in [6.45, 7) is 0.419. The maximum Gasteiger partial charge on any atom is 0.416 e. The third-order valence-corrected chi connectivity index (χ3v) is 2.74. The van der Waals surface area contributed by atoms with E-state index in [2.05, 4.69) is 10.3 Å². The summed E-state index contributed by atoms with van der Waals surface area (Å²) < 4.78 is 42.4. The zero-order valence-corrected chi connectivity index (χ0v) is 10.7. The van der Waals surface area contributed by atoms with Gasteiger partial charge in [-0.05, 0) is 30.3 Å². The first kappa shape index (κ1) is 14.2. The van der Waals surface area contributed by atoms with Crippen molar-refractivity contribution in [2.24, 2.45) is 0 Å². The first-order valence-electron chi connectivity index (χ1n) is 5.89. The number of alkyl halides is 3. The second kappa shape index (κ2) is 5.81. The van der Waals surface area contributed by atoms with E-state index in [1.807, 2.05) is 6.07 Å². The fraction of sp³-hybridized carbons (Fsp3) is 0.214. The van der Waals surface area contributed by atoms with Crippen molar-refractivity contribution in [3.05, 3.63) is 53.7 Å². The molecule has 0 bridgehead atoms. The average Bonchev–Trinajstić information content (AvgIpc) is 2.45. The number of pyridine rings is 1. The summed E-state index contributed by atoms with van der Waals surface area (Å²) in [6.07, 6.45) is -2.70. The van der Waals surface area contributed by atoms with Gasteiger partial charge < -0.3 is 10.1 Å². The number of hydrogen-bond donors (Lipinski definition) is 1. The third kappa shape index (κ3) is 3.40. The number of rotatable bonds is 4. The highest BCUT2D eigenvalue weighted by Crippen LogP contribution is 2.30. The number of methoxy groups -OCH3 is 1. The van der Waals surface area contributed by atoms with Crippen molar-refractivity contribution in [2.45, 2.75) is 12.7 Å². The summed E-state index contributed by atoms with van der Waals surface area (Å²) in [7, 11) is 1.52. The highest BCUT2D eigenvalue weighted by atomic mass is 19.4. The van der Waals surface area contributed by atoms with Crippen LogP contribution < -0.4 is 10.1 Å². The minimum absolute atomic E-state index is 0.419. The second-order valence-electron chi connectivity index (χ2n) is 4.10. The van der Waals surface area contributed by atoms with Crippen LogP contribution in [0.25, 0.3) is 0 Å². The minimum atomic E-state index is -4.31. The molecule has 20 heavy (non-hydrogen) atoms. The Kier molecular flexibility index (Phi) is 4.12. The summed E-state index contributed by atoms with van der Waals surface area (Å²) >= 11 is 0. The van der Waals surface area contributed by atoms with Gasteiger partial charge in [0.05, 0.1) is 12.7 Å². The molecule has 1 heterocycles. The molecule has 1 N–H and O–H groups in total. The van der Waals surface area contributed by atoms with Crippen LogP contribution in [0.4, 0.5) is 18.9 Å². The van der Waals surface area contributed by atoms with Crippen LogP contribution in [0.2, 0.25) is 0 Å². The number of aromatic nitrogens is 1. The highest BCUT2D eigenvalue weighted by Gasteiger charge is 2.29. The van der Waals surface area contributed by atoms with Crippen molar-refractivity contribution in [3.63, 3.8) is 0 Å². The van der Waals surface area contributed by atoms with E-state index in [1.165, 1.54) is 19.2 Å². The van der Waals surface area contributed by atoms with Gasteiger partial charge in [-0.1, -0.05) is 6.07 Å². The topological polar surface area (TPSA) is 34.1 Å². The fourth-order valence-corrected chi connectivity index (χ4v) is 1.72. The molecule has 6 heteroatoms. The molecule has 1 aromatic heterocycles. The maximum absolute atomic E-state index is 12.4. The Hall–Kier alpha value is -2.24. The highest BCUT2D eigenvalue weighted by molar-refractivity contribution is 5.46. The Labute approximate surface area is 114 Å². The summed E-state index contributed by atoms with van der Waals surface area (Å²) in [6, 6.07) is 8.48.